The van der Waals surface area contributed by atoms with Crippen molar-refractivity contribution in [1.29, 1.82) is 0 Å². The lowest BCUT2D eigenvalue weighted by Crippen LogP contribution is -2.01. The van der Waals surface area contributed by atoms with E-state index in [9.17, 15) is 0 Å². The predicted octanol–water partition coefficient (Wildman–Crippen LogP) is 8.98. The highest BCUT2D eigenvalue weighted by atomic mass is 15.2. The van der Waals surface area contributed by atoms with Gasteiger partial charge in [-0.15, -0.1) is 0 Å². The topological polar surface area (TPSA) is 35.6 Å². The van der Waals surface area contributed by atoms with Gasteiger partial charge >= 0.3 is 0 Å². The molecule has 0 unspecified atom stereocenters. The Morgan fingerprint density at radius 1 is 0.450 bits per heavy atom. The molecule has 0 aliphatic carbocycles. The van der Waals surface area contributed by atoms with Gasteiger partial charge in [-0.05, 0) is 41.8 Å². The molecular formula is C36H22N4. The molecule has 9 aromatic rings. The molecule has 9 rings (SSSR count). The van der Waals surface area contributed by atoms with Crippen LogP contribution in [0.4, 0.5) is 0 Å². The minimum absolute atomic E-state index is 0.678. The molecule has 0 bridgehead atoms. The Hall–Kier alpha value is -5.48. The van der Waals surface area contributed by atoms with Crippen LogP contribution < -0.4 is 0 Å². The summed E-state index contributed by atoms with van der Waals surface area (Å²) in [6.07, 6.45) is 1.92. The van der Waals surface area contributed by atoms with Crippen molar-refractivity contribution in [3.8, 4) is 11.6 Å². The van der Waals surface area contributed by atoms with Crippen molar-refractivity contribution in [3.63, 3.8) is 0 Å². The average Bonchev–Trinajstić information content (AvgIpc) is 3.52. The number of aromatic nitrogens is 4. The monoisotopic (exact) mass is 510 g/mol. The van der Waals surface area contributed by atoms with E-state index >= 15 is 0 Å². The van der Waals surface area contributed by atoms with Crippen LogP contribution in [0.15, 0.2) is 134 Å². The Bertz CT molecular complexity index is 2430. The summed E-state index contributed by atoms with van der Waals surface area (Å²) in [5.74, 6) is 0.678. The second-order valence-electron chi connectivity index (χ2n) is 10.3. The molecule has 3 aromatic heterocycles. The molecule has 0 saturated carbocycles. The van der Waals surface area contributed by atoms with E-state index in [4.69, 9.17) is 9.97 Å². The lowest BCUT2D eigenvalue weighted by atomic mass is 10.0. The van der Waals surface area contributed by atoms with Crippen LogP contribution in [0.25, 0.3) is 76.9 Å². The summed E-state index contributed by atoms with van der Waals surface area (Å²) >= 11 is 0. The second kappa shape index (κ2) is 8.01. The number of benzene rings is 6. The Balaban J connectivity index is 1.49. The van der Waals surface area contributed by atoms with E-state index in [0.29, 0.717) is 5.95 Å². The van der Waals surface area contributed by atoms with Crippen LogP contribution in [-0.4, -0.2) is 19.1 Å². The molecular weight excluding hydrogens is 488 g/mol. The standard InChI is InChI=1S/C36H22N4/c1-2-12-25(13-3-1)39-33-21-34-29(20-30(33)28-19-18-23-10-4-6-14-26(23)35(28)39)27-15-7-9-17-32(27)40(34)36-37-22-24-11-5-8-16-31(24)38-36/h1-22H. The lowest BCUT2D eigenvalue weighted by molar-refractivity contribution is 1.01. The Labute approximate surface area is 229 Å². The number of para-hydroxylation sites is 3. The SMILES string of the molecule is c1ccc(-n2c3cc4c(cc3c3ccc5ccccc5c32)c2ccccc2n4-c2ncc3ccccc3n2)cc1. The van der Waals surface area contributed by atoms with E-state index in [-0.39, 0.29) is 0 Å². The van der Waals surface area contributed by atoms with Crippen LogP contribution in [0, 0.1) is 0 Å². The van der Waals surface area contributed by atoms with Gasteiger partial charge in [-0.1, -0.05) is 91.0 Å². The van der Waals surface area contributed by atoms with E-state index in [1.165, 1.54) is 37.8 Å². The van der Waals surface area contributed by atoms with Crippen molar-refractivity contribution < 1.29 is 0 Å². The first-order chi connectivity index (χ1) is 19.8. The zero-order valence-corrected chi connectivity index (χ0v) is 21.5. The molecule has 0 N–H and O–H groups in total. The number of hydrogen-bond donors (Lipinski definition) is 0. The number of hydrogen-bond acceptors (Lipinski definition) is 2. The third-order valence-corrected chi connectivity index (χ3v) is 8.14. The van der Waals surface area contributed by atoms with E-state index in [1.807, 2.05) is 24.4 Å². The van der Waals surface area contributed by atoms with Gasteiger partial charge in [-0.25, -0.2) is 9.97 Å². The molecule has 4 heteroatoms. The molecule has 0 atom stereocenters. The quantitative estimate of drug-likeness (QED) is 0.233. The van der Waals surface area contributed by atoms with Crippen molar-refractivity contribution in [2.75, 3.05) is 0 Å². The van der Waals surface area contributed by atoms with E-state index in [1.54, 1.807) is 0 Å². The second-order valence-corrected chi connectivity index (χ2v) is 10.3. The summed E-state index contributed by atoms with van der Waals surface area (Å²) in [5, 5.41) is 8.38. The Morgan fingerprint density at radius 2 is 1.15 bits per heavy atom. The maximum Gasteiger partial charge on any atom is 0.235 e. The summed E-state index contributed by atoms with van der Waals surface area (Å²) in [6.45, 7) is 0. The van der Waals surface area contributed by atoms with Crippen molar-refractivity contribution in [2.24, 2.45) is 0 Å². The van der Waals surface area contributed by atoms with Crippen LogP contribution in [0.2, 0.25) is 0 Å². The van der Waals surface area contributed by atoms with Crippen molar-refractivity contribution in [3.05, 3.63) is 134 Å². The summed E-state index contributed by atoms with van der Waals surface area (Å²) in [6, 6.07) is 45.2. The molecule has 0 radical (unpaired) electrons. The molecule has 40 heavy (non-hydrogen) atoms. The first kappa shape index (κ1) is 21.5. The maximum atomic E-state index is 5.01. The fourth-order valence-electron chi connectivity index (χ4n) is 6.37. The van der Waals surface area contributed by atoms with E-state index in [2.05, 4.69) is 118 Å². The van der Waals surface area contributed by atoms with E-state index < -0.39 is 0 Å². The van der Waals surface area contributed by atoms with Gasteiger partial charge in [0.2, 0.25) is 5.95 Å². The summed E-state index contributed by atoms with van der Waals surface area (Å²) < 4.78 is 4.62. The third-order valence-electron chi connectivity index (χ3n) is 8.14. The van der Waals surface area contributed by atoms with Crippen molar-refractivity contribution in [1.82, 2.24) is 19.1 Å². The van der Waals surface area contributed by atoms with Crippen LogP contribution >= 0.6 is 0 Å². The summed E-state index contributed by atoms with van der Waals surface area (Å²) in [5.41, 5.74) is 6.65. The number of fused-ring (bicyclic) bond motifs is 9. The Kier molecular flexibility index (Phi) is 4.30. The minimum Gasteiger partial charge on any atom is -0.309 e. The maximum absolute atomic E-state index is 5.01. The lowest BCUT2D eigenvalue weighted by Gasteiger charge is -2.10. The van der Waals surface area contributed by atoms with E-state index in [0.717, 1.165) is 33.1 Å². The first-order valence-corrected chi connectivity index (χ1v) is 13.5. The van der Waals surface area contributed by atoms with Gasteiger partial charge < -0.3 is 4.57 Å². The molecule has 4 nitrogen and oxygen atoms in total. The number of rotatable bonds is 2. The predicted molar refractivity (Wildman–Crippen MR) is 166 cm³/mol. The Morgan fingerprint density at radius 3 is 2.05 bits per heavy atom. The summed E-state index contributed by atoms with van der Waals surface area (Å²) in [4.78, 5) is 9.85. The highest BCUT2D eigenvalue weighted by molar-refractivity contribution is 6.23. The fraction of sp³-hybridized carbons (Fsp3) is 0. The molecule has 186 valence electrons. The van der Waals surface area contributed by atoms with Gasteiger partial charge in [-0.2, -0.15) is 0 Å². The van der Waals surface area contributed by atoms with Gasteiger partial charge in [0.1, 0.15) is 0 Å². The van der Waals surface area contributed by atoms with Gasteiger partial charge in [0.25, 0.3) is 0 Å². The zero-order chi connectivity index (χ0) is 26.2. The fourth-order valence-corrected chi connectivity index (χ4v) is 6.37. The van der Waals surface area contributed by atoms with Gasteiger partial charge in [0, 0.05) is 44.2 Å². The molecule has 3 heterocycles. The van der Waals surface area contributed by atoms with Gasteiger partial charge in [0.05, 0.1) is 27.6 Å². The number of nitrogens with zero attached hydrogens (tertiary/aromatic N) is 4. The van der Waals surface area contributed by atoms with Crippen LogP contribution in [0.5, 0.6) is 0 Å². The van der Waals surface area contributed by atoms with Crippen LogP contribution in [0.1, 0.15) is 0 Å². The van der Waals surface area contributed by atoms with Crippen LogP contribution in [-0.2, 0) is 0 Å². The van der Waals surface area contributed by atoms with Crippen LogP contribution in [0.3, 0.4) is 0 Å². The average molecular weight is 511 g/mol. The normalized spacial score (nSPS) is 12.0. The zero-order valence-electron chi connectivity index (χ0n) is 21.5. The molecule has 0 aliphatic heterocycles. The highest BCUT2D eigenvalue weighted by Crippen LogP contribution is 2.41. The third kappa shape index (κ3) is 2.90. The highest BCUT2D eigenvalue weighted by Gasteiger charge is 2.20. The molecule has 0 fully saturated rings. The summed E-state index contributed by atoms with van der Waals surface area (Å²) in [7, 11) is 0. The molecule has 6 aromatic carbocycles. The molecule has 0 spiro atoms. The minimum atomic E-state index is 0.678. The smallest absolute Gasteiger partial charge is 0.235 e. The van der Waals surface area contributed by atoms with Gasteiger partial charge in [-0.3, -0.25) is 4.57 Å². The van der Waals surface area contributed by atoms with Gasteiger partial charge in [0.15, 0.2) is 0 Å². The van der Waals surface area contributed by atoms with Crippen molar-refractivity contribution >= 4 is 65.3 Å². The first-order valence-electron chi connectivity index (χ1n) is 13.5. The van der Waals surface area contributed by atoms with Crippen molar-refractivity contribution in [2.45, 2.75) is 0 Å². The molecule has 0 saturated heterocycles. The molecule has 0 aliphatic rings. The largest absolute Gasteiger partial charge is 0.309 e. The molecule has 0 amide bonds.